The maximum Gasteiger partial charge on any atom is 0.247 e. The van der Waals surface area contributed by atoms with Gasteiger partial charge in [-0.1, -0.05) is 12.1 Å². The van der Waals surface area contributed by atoms with Gasteiger partial charge >= 0.3 is 0 Å². The van der Waals surface area contributed by atoms with E-state index in [4.69, 9.17) is 0 Å². The molecule has 0 radical (unpaired) electrons. The van der Waals surface area contributed by atoms with Crippen LogP contribution < -0.4 is 5.32 Å². The number of aromatic amines is 1. The van der Waals surface area contributed by atoms with Crippen LogP contribution >= 0.6 is 0 Å². The third-order valence-electron chi connectivity index (χ3n) is 5.73. The lowest BCUT2D eigenvalue weighted by Crippen LogP contribution is -2.29. The lowest BCUT2D eigenvalue weighted by Gasteiger charge is -2.24. The van der Waals surface area contributed by atoms with E-state index in [0.717, 1.165) is 54.9 Å². The fraction of sp³-hybridized carbons (Fsp3) is 0.381. The molecule has 3 aromatic rings. The van der Waals surface area contributed by atoms with Gasteiger partial charge in [0.15, 0.2) is 0 Å². The van der Waals surface area contributed by atoms with Gasteiger partial charge in [-0.05, 0) is 50.7 Å². The molecular weight excluding hydrogens is 338 g/mol. The molecule has 0 spiro atoms. The fourth-order valence-corrected chi connectivity index (χ4v) is 4.36. The molecule has 3 heterocycles. The first-order valence-corrected chi connectivity index (χ1v) is 9.79. The topological polar surface area (TPSA) is 75.6 Å². The minimum Gasteiger partial charge on any atom is -0.324 e. The summed E-state index contributed by atoms with van der Waals surface area (Å²) in [4.78, 5) is 17.2. The Morgan fingerprint density at radius 1 is 1.19 bits per heavy atom. The number of fused-ring (bicyclic) bond motifs is 2. The average Bonchev–Trinajstić information content (AvgIpc) is 3.35. The Morgan fingerprint density at radius 2 is 2.11 bits per heavy atom. The van der Waals surface area contributed by atoms with Crippen molar-refractivity contribution in [1.82, 2.24) is 19.7 Å². The molecule has 2 aliphatic rings. The quantitative estimate of drug-likeness (QED) is 0.747. The van der Waals surface area contributed by atoms with E-state index in [1.807, 2.05) is 29.0 Å². The highest BCUT2D eigenvalue weighted by Crippen LogP contribution is 2.31. The van der Waals surface area contributed by atoms with Crippen LogP contribution in [0.2, 0.25) is 0 Å². The Bertz CT molecular complexity index is 986. The van der Waals surface area contributed by atoms with E-state index in [1.54, 1.807) is 6.20 Å². The second kappa shape index (κ2) is 6.68. The molecule has 1 atom stereocenters. The smallest absolute Gasteiger partial charge is 0.247 e. The molecule has 1 unspecified atom stereocenters. The number of rotatable bonds is 3. The molecule has 0 fully saturated rings. The Balaban J connectivity index is 1.39. The summed E-state index contributed by atoms with van der Waals surface area (Å²) < 4.78 is 2.01. The minimum atomic E-state index is -0.182. The number of hydrogen-bond acceptors (Lipinski definition) is 3. The van der Waals surface area contributed by atoms with Gasteiger partial charge in [0.1, 0.15) is 11.9 Å². The highest BCUT2D eigenvalue weighted by atomic mass is 16.2. The van der Waals surface area contributed by atoms with Crippen LogP contribution in [0, 0.1) is 0 Å². The van der Waals surface area contributed by atoms with Crippen molar-refractivity contribution in [3.63, 3.8) is 0 Å². The largest absolute Gasteiger partial charge is 0.324 e. The fourth-order valence-electron chi connectivity index (χ4n) is 4.36. The lowest BCUT2D eigenvalue weighted by atomic mass is 9.93. The van der Waals surface area contributed by atoms with E-state index in [-0.39, 0.29) is 11.9 Å². The predicted molar refractivity (Wildman–Crippen MR) is 103 cm³/mol. The monoisotopic (exact) mass is 361 g/mol. The Kier molecular flexibility index (Phi) is 4.03. The molecule has 2 aromatic heterocycles. The Labute approximate surface area is 158 Å². The molecular formula is C21H23N5O. The average molecular weight is 361 g/mol. The van der Waals surface area contributed by atoms with E-state index in [2.05, 4.69) is 26.6 Å². The first kappa shape index (κ1) is 16.3. The summed E-state index contributed by atoms with van der Waals surface area (Å²) in [5, 5.41) is 10.8. The Morgan fingerprint density at radius 3 is 3.07 bits per heavy atom. The van der Waals surface area contributed by atoms with Crippen LogP contribution in [0.1, 0.15) is 48.8 Å². The third-order valence-corrected chi connectivity index (χ3v) is 5.73. The predicted octanol–water partition coefficient (Wildman–Crippen LogP) is 3.67. The number of benzene rings is 1. The van der Waals surface area contributed by atoms with Gasteiger partial charge in [0, 0.05) is 41.3 Å². The molecule has 1 aliphatic carbocycles. The summed E-state index contributed by atoms with van der Waals surface area (Å²) in [7, 11) is 0. The van der Waals surface area contributed by atoms with Crippen LogP contribution in [0.4, 0.5) is 5.69 Å². The molecule has 27 heavy (non-hydrogen) atoms. The maximum atomic E-state index is 12.9. The van der Waals surface area contributed by atoms with Gasteiger partial charge < -0.3 is 9.88 Å². The van der Waals surface area contributed by atoms with Gasteiger partial charge in [-0.3, -0.25) is 9.89 Å². The molecule has 0 saturated heterocycles. The maximum absolute atomic E-state index is 12.9. The zero-order valence-electron chi connectivity index (χ0n) is 15.2. The van der Waals surface area contributed by atoms with E-state index in [0.29, 0.717) is 0 Å². The molecule has 0 saturated carbocycles. The summed E-state index contributed by atoms with van der Waals surface area (Å²) in [6, 6.07) is 7.84. The molecule has 1 aromatic carbocycles. The number of aryl methyl sites for hydroxylation is 2. The number of amides is 1. The second-order valence-electron chi connectivity index (χ2n) is 7.47. The van der Waals surface area contributed by atoms with Gasteiger partial charge in [-0.2, -0.15) is 5.10 Å². The summed E-state index contributed by atoms with van der Waals surface area (Å²) >= 11 is 0. The van der Waals surface area contributed by atoms with Crippen molar-refractivity contribution < 1.29 is 4.79 Å². The highest BCUT2D eigenvalue weighted by molar-refractivity contribution is 5.94. The lowest BCUT2D eigenvalue weighted by molar-refractivity contribution is -0.119. The van der Waals surface area contributed by atoms with Gasteiger partial charge in [0.25, 0.3) is 0 Å². The van der Waals surface area contributed by atoms with Crippen LogP contribution in [-0.2, 0) is 24.1 Å². The summed E-state index contributed by atoms with van der Waals surface area (Å²) in [5.74, 6) is 1.02. The molecule has 138 valence electrons. The van der Waals surface area contributed by atoms with Gasteiger partial charge in [0.2, 0.25) is 5.91 Å². The van der Waals surface area contributed by atoms with Gasteiger partial charge in [-0.25, -0.2) is 4.98 Å². The van der Waals surface area contributed by atoms with Gasteiger partial charge in [-0.15, -0.1) is 0 Å². The number of aromatic nitrogens is 4. The number of nitrogens with one attached hydrogen (secondary N) is 2. The molecule has 6 heteroatoms. The first-order valence-electron chi connectivity index (χ1n) is 9.79. The number of anilines is 1. The highest BCUT2D eigenvalue weighted by Gasteiger charge is 2.26. The standard InChI is InChI=1S/C21H23N5O/c27-21(18-9-4-10-19-22-11-12-26(18)19)23-15-6-3-5-14(13-15)20-16-7-1-2-8-17(16)24-25-20/h3,5-6,11-13,18H,1-2,4,7-10H2,(H,23,27)(H,24,25). The molecule has 1 aliphatic heterocycles. The van der Waals surface area contributed by atoms with E-state index in [1.165, 1.54) is 24.1 Å². The van der Waals surface area contributed by atoms with Crippen molar-refractivity contribution >= 4 is 11.6 Å². The van der Waals surface area contributed by atoms with Gasteiger partial charge in [0.05, 0.1) is 5.69 Å². The van der Waals surface area contributed by atoms with Crippen molar-refractivity contribution in [2.24, 2.45) is 0 Å². The number of imidazole rings is 1. The zero-order valence-corrected chi connectivity index (χ0v) is 15.2. The summed E-state index contributed by atoms with van der Waals surface area (Å²) in [6.45, 7) is 0. The summed E-state index contributed by atoms with van der Waals surface area (Å²) in [6.07, 6.45) is 11.1. The van der Waals surface area contributed by atoms with E-state index < -0.39 is 0 Å². The number of carbonyl (C=O) groups excluding carboxylic acids is 1. The van der Waals surface area contributed by atoms with Crippen LogP contribution in [0.15, 0.2) is 36.7 Å². The van der Waals surface area contributed by atoms with Crippen LogP contribution in [-0.4, -0.2) is 25.7 Å². The zero-order chi connectivity index (χ0) is 18.2. The summed E-state index contributed by atoms with van der Waals surface area (Å²) in [5.41, 5.74) is 5.49. The number of carbonyl (C=O) groups is 1. The number of hydrogen-bond donors (Lipinski definition) is 2. The molecule has 2 N–H and O–H groups in total. The molecule has 0 bridgehead atoms. The van der Waals surface area contributed by atoms with Crippen molar-refractivity contribution in [3.8, 4) is 11.3 Å². The normalized spacial score (nSPS) is 18.6. The minimum absolute atomic E-state index is 0.0233. The SMILES string of the molecule is O=C(Nc1cccc(-c2n[nH]c3c2CCCC3)c1)C1CCCc2nccn21. The first-order chi connectivity index (χ1) is 13.3. The van der Waals surface area contributed by atoms with Crippen molar-refractivity contribution in [3.05, 3.63) is 53.7 Å². The van der Waals surface area contributed by atoms with Crippen LogP contribution in [0.25, 0.3) is 11.3 Å². The van der Waals surface area contributed by atoms with E-state index >= 15 is 0 Å². The van der Waals surface area contributed by atoms with Crippen LogP contribution in [0.3, 0.4) is 0 Å². The van der Waals surface area contributed by atoms with Crippen LogP contribution in [0.5, 0.6) is 0 Å². The number of H-pyrrole nitrogens is 1. The van der Waals surface area contributed by atoms with Crippen molar-refractivity contribution in [2.75, 3.05) is 5.32 Å². The third kappa shape index (κ3) is 2.95. The van der Waals surface area contributed by atoms with Crippen molar-refractivity contribution in [2.45, 2.75) is 51.0 Å². The number of nitrogens with zero attached hydrogens (tertiary/aromatic N) is 3. The van der Waals surface area contributed by atoms with Crippen molar-refractivity contribution in [1.29, 1.82) is 0 Å². The van der Waals surface area contributed by atoms with E-state index in [9.17, 15) is 4.79 Å². The molecule has 1 amide bonds. The Hall–Kier alpha value is -2.89. The molecule has 5 rings (SSSR count). The second-order valence-corrected chi connectivity index (χ2v) is 7.47. The molecule has 6 nitrogen and oxygen atoms in total.